The van der Waals surface area contributed by atoms with Gasteiger partial charge in [-0.15, -0.1) is 0 Å². The monoisotopic (exact) mass is 261 g/mol. The highest BCUT2D eigenvalue weighted by Gasteiger charge is 2.38. The van der Waals surface area contributed by atoms with Gasteiger partial charge in [-0.25, -0.2) is 0 Å². The molecular formula is C13H15N3O3. The lowest BCUT2D eigenvalue weighted by Gasteiger charge is -2.08. The maximum atomic E-state index is 11.7. The molecule has 1 saturated heterocycles. The molecule has 19 heavy (non-hydrogen) atoms. The van der Waals surface area contributed by atoms with Crippen molar-refractivity contribution in [3.8, 4) is 0 Å². The van der Waals surface area contributed by atoms with Crippen molar-refractivity contribution >= 4 is 17.7 Å². The fraction of sp³-hybridized carbons (Fsp3) is 0.308. The largest absolute Gasteiger partial charge is 0.352 e. The molecule has 0 bridgehead atoms. The smallest absolute Gasteiger partial charge is 0.253 e. The second kappa shape index (κ2) is 5.51. The van der Waals surface area contributed by atoms with Crippen molar-refractivity contribution in [3.63, 3.8) is 0 Å². The maximum absolute atomic E-state index is 11.7. The van der Waals surface area contributed by atoms with Gasteiger partial charge in [-0.1, -0.05) is 30.3 Å². The third-order valence-electron chi connectivity index (χ3n) is 2.95. The Balaban J connectivity index is 1.85. The van der Waals surface area contributed by atoms with E-state index in [1.165, 1.54) is 7.05 Å². The topological polar surface area (TPSA) is 78.5 Å². The van der Waals surface area contributed by atoms with Gasteiger partial charge in [0.15, 0.2) is 0 Å². The van der Waals surface area contributed by atoms with Gasteiger partial charge in [-0.05, 0) is 5.56 Å². The van der Waals surface area contributed by atoms with Crippen LogP contribution >= 0.6 is 0 Å². The van der Waals surface area contributed by atoms with Gasteiger partial charge in [0.1, 0.15) is 5.92 Å². The van der Waals surface area contributed by atoms with Gasteiger partial charge in [0.2, 0.25) is 5.91 Å². The van der Waals surface area contributed by atoms with Crippen molar-refractivity contribution in [3.05, 3.63) is 35.9 Å². The first-order valence-corrected chi connectivity index (χ1v) is 5.96. The van der Waals surface area contributed by atoms with Crippen LogP contribution in [0.3, 0.4) is 0 Å². The molecule has 6 nitrogen and oxygen atoms in total. The van der Waals surface area contributed by atoms with Crippen LogP contribution in [0.25, 0.3) is 0 Å². The van der Waals surface area contributed by atoms with Crippen LogP contribution in [0.2, 0.25) is 0 Å². The van der Waals surface area contributed by atoms with Crippen LogP contribution in [0.5, 0.6) is 0 Å². The zero-order valence-corrected chi connectivity index (χ0v) is 10.6. The van der Waals surface area contributed by atoms with Gasteiger partial charge < -0.3 is 5.32 Å². The number of amides is 3. The van der Waals surface area contributed by atoms with Gasteiger partial charge >= 0.3 is 0 Å². The molecule has 0 aromatic heterocycles. The van der Waals surface area contributed by atoms with E-state index in [1.807, 2.05) is 30.3 Å². The summed E-state index contributed by atoms with van der Waals surface area (Å²) >= 11 is 0. The number of hydrazine groups is 1. The maximum Gasteiger partial charge on any atom is 0.253 e. The van der Waals surface area contributed by atoms with Gasteiger partial charge in [-0.2, -0.15) is 0 Å². The zero-order chi connectivity index (χ0) is 13.8. The first-order chi connectivity index (χ1) is 9.08. The fourth-order valence-electron chi connectivity index (χ4n) is 1.88. The van der Waals surface area contributed by atoms with Crippen molar-refractivity contribution in [2.45, 2.75) is 13.0 Å². The molecule has 0 radical (unpaired) electrons. The Labute approximate surface area is 110 Å². The average Bonchev–Trinajstić information content (AvgIpc) is 2.64. The molecule has 1 atom stereocenters. The van der Waals surface area contributed by atoms with Gasteiger partial charge in [0, 0.05) is 20.0 Å². The highest BCUT2D eigenvalue weighted by molar-refractivity contribution is 6.07. The van der Waals surface area contributed by atoms with E-state index >= 15 is 0 Å². The Kier molecular flexibility index (Phi) is 3.79. The van der Waals surface area contributed by atoms with Crippen LogP contribution in [-0.4, -0.2) is 29.8 Å². The molecule has 1 aromatic rings. The molecule has 0 saturated carbocycles. The summed E-state index contributed by atoms with van der Waals surface area (Å²) in [4.78, 5) is 34.7. The van der Waals surface area contributed by atoms with Crippen molar-refractivity contribution in [2.75, 3.05) is 7.05 Å². The Bertz CT molecular complexity index is 501. The molecule has 0 aliphatic carbocycles. The molecule has 3 amide bonds. The highest BCUT2D eigenvalue weighted by atomic mass is 16.2. The van der Waals surface area contributed by atoms with E-state index in [0.717, 1.165) is 10.6 Å². The predicted molar refractivity (Wildman–Crippen MR) is 67.3 cm³/mol. The number of hydrogen-bond donors (Lipinski definition) is 2. The molecule has 100 valence electrons. The standard InChI is InChI=1S/C13H15N3O3/c1-16-13(19)10(12(18)15-16)7-11(17)14-8-9-5-3-2-4-6-9/h2-6,10H,7-8H2,1H3,(H,14,17)(H,15,18). The third-order valence-corrected chi connectivity index (χ3v) is 2.95. The molecule has 6 heteroatoms. The molecule has 1 aromatic carbocycles. The quantitative estimate of drug-likeness (QED) is 0.737. The molecule has 2 rings (SSSR count). The molecule has 0 spiro atoms. The van der Waals surface area contributed by atoms with E-state index < -0.39 is 11.8 Å². The SMILES string of the molecule is CN1NC(=O)C(CC(=O)NCc2ccccc2)C1=O. The molecule has 2 N–H and O–H groups in total. The summed E-state index contributed by atoms with van der Waals surface area (Å²) in [6, 6.07) is 9.43. The summed E-state index contributed by atoms with van der Waals surface area (Å²) in [6.45, 7) is 0.387. The number of carbonyl (C=O) groups is 3. The fourth-order valence-corrected chi connectivity index (χ4v) is 1.88. The number of rotatable bonds is 4. The van der Waals surface area contributed by atoms with Crippen molar-refractivity contribution in [1.82, 2.24) is 15.8 Å². The average molecular weight is 261 g/mol. The Morgan fingerprint density at radius 1 is 1.32 bits per heavy atom. The van der Waals surface area contributed by atoms with Gasteiger partial charge in [-0.3, -0.25) is 24.8 Å². The third kappa shape index (κ3) is 3.09. The van der Waals surface area contributed by atoms with Crippen LogP contribution in [0.1, 0.15) is 12.0 Å². The van der Waals surface area contributed by atoms with Crippen molar-refractivity contribution < 1.29 is 14.4 Å². The number of hydrogen-bond acceptors (Lipinski definition) is 3. The molecule has 1 aliphatic heterocycles. The van der Waals surface area contributed by atoms with E-state index in [-0.39, 0.29) is 18.2 Å². The second-order valence-electron chi connectivity index (χ2n) is 4.39. The Morgan fingerprint density at radius 2 is 2.00 bits per heavy atom. The first-order valence-electron chi connectivity index (χ1n) is 5.96. The summed E-state index contributed by atoms with van der Waals surface area (Å²) in [5, 5.41) is 3.80. The number of carbonyl (C=O) groups excluding carboxylic acids is 3. The second-order valence-corrected chi connectivity index (χ2v) is 4.39. The number of nitrogens with one attached hydrogen (secondary N) is 2. The lowest BCUT2D eigenvalue weighted by molar-refractivity contribution is -0.135. The van der Waals surface area contributed by atoms with Crippen molar-refractivity contribution in [2.24, 2.45) is 5.92 Å². The lowest BCUT2D eigenvalue weighted by atomic mass is 10.0. The van der Waals surface area contributed by atoms with Crippen molar-refractivity contribution in [1.29, 1.82) is 0 Å². The molecule has 1 unspecified atom stereocenters. The molecule has 1 heterocycles. The molecule has 1 aliphatic rings. The van der Waals surface area contributed by atoms with E-state index in [4.69, 9.17) is 0 Å². The number of nitrogens with zero attached hydrogens (tertiary/aromatic N) is 1. The van der Waals surface area contributed by atoms with E-state index in [1.54, 1.807) is 0 Å². The lowest BCUT2D eigenvalue weighted by Crippen LogP contribution is -2.31. The van der Waals surface area contributed by atoms with E-state index in [9.17, 15) is 14.4 Å². The number of benzene rings is 1. The van der Waals surface area contributed by atoms with Crippen LogP contribution in [0.4, 0.5) is 0 Å². The minimum Gasteiger partial charge on any atom is -0.352 e. The first kappa shape index (κ1) is 13.1. The minimum absolute atomic E-state index is 0.123. The van der Waals surface area contributed by atoms with Gasteiger partial charge in [0.25, 0.3) is 11.8 Å². The summed E-state index contributed by atoms with van der Waals surface area (Å²) in [5.41, 5.74) is 3.33. The summed E-state index contributed by atoms with van der Waals surface area (Å²) in [5.74, 6) is -2.03. The van der Waals surface area contributed by atoms with Crippen LogP contribution in [0.15, 0.2) is 30.3 Å². The molecular weight excluding hydrogens is 246 g/mol. The Morgan fingerprint density at radius 3 is 2.58 bits per heavy atom. The van der Waals surface area contributed by atoms with Crippen LogP contribution in [-0.2, 0) is 20.9 Å². The van der Waals surface area contributed by atoms with Crippen LogP contribution < -0.4 is 10.7 Å². The van der Waals surface area contributed by atoms with E-state index in [2.05, 4.69) is 10.7 Å². The molecule has 1 fully saturated rings. The summed E-state index contributed by atoms with van der Waals surface area (Å²) < 4.78 is 0. The predicted octanol–water partition coefficient (Wildman–Crippen LogP) is -0.188. The zero-order valence-electron chi connectivity index (χ0n) is 10.6. The van der Waals surface area contributed by atoms with Gasteiger partial charge in [0.05, 0.1) is 0 Å². The highest BCUT2D eigenvalue weighted by Crippen LogP contribution is 2.13. The van der Waals surface area contributed by atoms with E-state index in [0.29, 0.717) is 6.54 Å². The Hall–Kier alpha value is -2.37. The summed E-state index contributed by atoms with van der Waals surface area (Å²) in [7, 11) is 1.46. The van der Waals surface area contributed by atoms with Crippen LogP contribution in [0, 0.1) is 5.92 Å². The summed E-state index contributed by atoms with van der Waals surface area (Å²) in [6.07, 6.45) is -0.123. The normalized spacial score (nSPS) is 18.4. The minimum atomic E-state index is -0.916.